The van der Waals surface area contributed by atoms with Gasteiger partial charge in [0.05, 0.1) is 28.1 Å². The molecular formula is C18H10FN3S. The molecule has 2 aromatic carbocycles. The van der Waals surface area contributed by atoms with Crippen LogP contribution >= 0.6 is 11.5 Å². The van der Waals surface area contributed by atoms with Gasteiger partial charge in [0.1, 0.15) is 0 Å². The molecule has 23 heavy (non-hydrogen) atoms. The first-order valence-electron chi connectivity index (χ1n) is 6.80. The van der Waals surface area contributed by atoms with Gasteiger partial charge in [0.2, 0.25) is 0 Å². The van der Waals surface area contributed by atoms with Gasteiger partial charge in [0, 0.05) is 6.20 Å². The van der Waals surface area contributed by atoms with Crippen molar-refractivity contribution in [2.45, 2.75) is 5.67 Å². The second-order valence-corrected chi connectivity index (χ2v) is 5.75. The third-order valence-corrected chi connectivity index (χ3v) is 4.44. The lowest BCUT2D eigenvalue weighted by atomic mass is 9.86. The molecule has 0 amide bonds. The van der Waals surface area contributed by atoms with Gasteiger partial charge in [0.25, 0.3) is 0 Å². The van der Waals surface area contributed by atoms with Gasteiger partial charge in [-0.05, 0) is 53.0 Å². The number of rotatable bonds is 3. The van der Waals surface area contributed by atoms with Gasteiger partial charge >= 0.3 is 0 Å². The maximum atomic E-state index is 16.1. The first kappa shape index (κ1) is 14.9. The van der Waals surface area contributed by atoms with Crippen molar-refractivity contribution in [3.05, 3.63) is 87.9 Å². The first-order valence-corrected chi connectivity index (χ1v) is 7.57. The van der Waals surface area contributed by atoms with E-state index in [9.17, 15) is 0 Å². The van der Waals surface area contributed by atoms with Crippen molar-refractivity contribution in [3.63, 3.8) is 0 Å². The van der Waals surface area contributed by atoms with Crippen LogP contribution in [-0.2, 0) is 5.67 Å². The van der Waals surface area contributed by atoms with E-state index in [0.717, 1.165) is 11.5 Å². The number of hydrogen-bond donors (Lipinski definition) is 0. The highest BCUT2D eigenvalue weighted by Crippen LogP contribution is 2.42. The summed E-state index contributed by atoms with van der Waals surface area (Å²) in [4.78, 5) is 0.451. The molecule has 3 aromatic rings. The summed E-state index contributed by atoms with van der Waals surface area (Å²) < 4.78 is 20.1. The van der Waals surface area contributed by atoms with Crippen molar-refractivity contribution in [3.8, 4) is 12.1 Å². The molecule has 0 aliphatic rings. The molecular weight excluding hydrogens is 309 g/mol. The normalized spacial score (nSPS) is 10.7. The van der Waals surface area contributed by atoms with Gasteiger partial charge in [-0.1, -0.05) is 24.3 Å². The molecule has 0 saturated carbocycles. The average molecular weight is 319 g/mol. The quantitative estimate of drug-likeness (QED) is 0.728. The molecule has 0 unspecified atom stereocenters. The summed E-state index contributed by atoms with van der Waals surface area (Å²) in [5.41, 5.74) is -0.0836. The minimum Gasteiger partial charge on any atom is -0.227 e. The Kier molecular flexibility index (Phi) is 3.89. The lowest BCUT2D eigenvalue weighted by molar-refractivity contribution is 0.287. The van der Waals surface area contributed by atoms with Crippen molar-refractivity contribution in [1.29, 1.82) is 10.5 Å². The summed E-state index contributed by atoms with van der Waals surface area (Å²) in [5, 5.41) is 17.8. The maximum Gasteiger partial charge on any atom is 0.196 e. The zero-order valence-corrected chi connectivity index (χ0v) is 12.7. The van der Waals surface area contributed by atoms with Crippen molar-refractivity contribution >= 4 is 11.5 Å². The monoisotopic (exact) mass is 319 g/mol. The Morgan fingerprint density at radius 1 is 0.826 bits per heavy atom. The van der Waals surface area contributed by atoms with E-state index in [1.807, 2.05) is 12.1 Å². The van der Waals surface area contributed by atoms with Gasteiger partial charge < -0.3 is 0 Å². The minimum absolute atomic E-state index is 0.422. The molecule has 0 aliphatic carbocycles. The zero-order chi connectivity index (χ0) is 16.3. The van der Waals surface area contributed by atoms with E-state index in [2.05, 4.69) is 4.37 Å². The van der Waals surface area contributed by atoms with Gasteiger partial charge in [0.15, 0.2) is 5.67 Å². The van der Waals surface area contributed by atoms with Gasteiger partial charge in [-0.3, -0.25) is 0 Å². The Morgan fingerprint density at radius 2 is 1.30 bits per heavy atom. The van der Waals surface area contributed by atoms with E-state index in [-0.39, 0.29) is 0 Å². The molecule has 0 bridgehead atoms. The summed E-state index contributed by atoms with van der Waals surface area (Å²) in [6.45, 7) is 0. The molecule has 0 atom stereocenters. The summed E-state index contributed by atoms with van der Waals surface area (Å²) in [6.07, 6.45) is 1.56. The average Bonchev–Trinajstić information content (AvgIpc) is 3.16. The minimum atomic E-state index is -1.87. The summed E-state index contributed by atoms with van der Waals surface area (Å²) in [7, 11) is 0. The fraction of sp³-hybridized carbons (Fsp3) is 0.0556. The Labute approximate surface area is 137 Å². The number of nitrogens with zero attached hydrogens (tertiary/aromatic N) is 3. The van der Waals surface area contributed by atoms with E-state index in [4.69, 9.17) is 10.5 Å². The van der Waals surface area contributed by atoms with Crippen LogP contribution in [0.15, 0.2) is 60.8 Å². The van der Waals surface area contributed by atoms with Crippen LogP contribution in [0.5, 0.6) is 0 Å². The number of halogens is 1. The lowest BCUT2D eigenvalue weighted by Crippen LogP contribution is -2.22. The summed E-state index contributed by atoms with van der Waals surface area (Å²) in [6, 6.07) is 18.5. The lowest BCUT2D eigenvalue weighted by Gasteiger charge is -2.25. The molecule has 110 valence electrons. The second-order valence-electron chi connectivity index (χ2n) is 4.91. The van der Waals surface area contributed by atoms with Gasteiger partial charge in [-0.15, -0.1) is 0 Å². The van der Waals surface area contributed by atoms with Crippen LogP contribution in [-0.4, -0.2) is 4.37 Å². The SMILES string of the molecule is N#Cc1ccc(C(F)(c2ccc(C#N)cc2)c2ccns2)cc1. The van der Waals surface area contributed by atoms with Crippen LogP contribution in [0.2, 0.25) is 0 Å². The predicted octanol–water partition coefficient (Wildman–Crippen LogP) is 4.15. The van der Waals surface area contributed by atoms with Crippen LogP contribution in [0.4, 0.5) is 4.39 Å². The smallest absolute Gasteiger partial charge is 0.196 e. The molecule has 0 radical (unpaired) electrons. The van der Waals surface area contributed by atoms with Crippen LogP contribution in [0.25, 0.3) is 0 Å². The largest absolute Gasteiger partial charge is 0.227 e. The zero-order valence-electron chi connectivity index (χ0n) is 11.9. The van der Waals surface area contributed by atoms with Crippen molar-refractivity contribution < 1.29 is 4.39 Å². The van der Waals surface area contributed by atoms with Crippen molar-refractivity contribution in [2.75, 3.05) is 0 Å². The Morgan fingerprint density at radius 3 is 1.65 bits per heavy atom. The Hall–Kier alpha value is -3.02. The highest BCUT2D eigenvalue weighted by atomic mass is 32.1. The van der Waals surface area contributed by atoms with Crippen LogP contribution in [0, 0.1) is 22.7 Å². The van der Waals surface area contributed by atoms with Crippen LogP contribution < -0.4 is 0 Å². The molecule has 0 saturated heterocycles. The maximum absolute atomic E-state index is 16.1. The number of aromatic nitrogens is 1. The first-order chi connectivity index (χ1) is 11.2. The highest BCUT2D eigenvalue weighted by Gasteiger charge is 2.38. The topological polar surface area (TPSA) is 60.5 Å². The number of benzene rings is 2. The second kappa shape index (κ2) is 6.00. The molecule has 3 rings (SSSR count). The fourth-order valence-electron chi connectivity index (χ4n) is 2.39. The van der Waals surface area contributed by atoms with E-state index < -0.39 is 5.67 Å². The molecule has 3 nitrogen and oxygen atoms in total. The fourth-order valence-corrected chi connectivity index (χ4v) is 3.11. The summed E-state index contributed by atoms with van der Waals surface area (Å²) in [5.74, 6) is 0. The van der Waals surface area contributed by atoms with Gasteiger partial charge in [-0.25, -0.2) is 8.76 Å². The number of hydrogen-bond acceptors (Lipinski definition) is 4. The Balaban J connectivity index is 2.18. The molecule has 5 heteroatoms. The molecule has 0 N–H and O–H groups in total. The van der Waals surface area contributed by atoms with Crippen LogP contribution in [0.3, 0.4) is 0 Å². The molecule has 1 aromatic heterocycles. The van der Waals surface area contributed by atoms with E-state index in [1.54, 1.807) is 60.8 Å². The number of alkyl halides is 1. The van der Waals surface area contributed by atoms with E-state index in [1.165, 1.54) is 0 Å². The number of nitriles is 2. The molecule has 1 heterocycles. The third-order valence-electron chi connectivity index (χ3n) is 3.60. The molecule has 0 aliphatic heterocycles. The standard InChI is InChI=1S/C18H10FN3S/c19-18(17-9-10-22-23-17,15-5-1-13(11-20)2-6-15)16-7-3-14(12-21)4-8-16/h1-10H. The highest BCUT2D eigenvalue weighted by molar-refractivity contribution is 7.05. The van der Waals surface area contributed by atoms with Crippen LogP contribution in [0.1, 0.15) is 27.1 Å². The third kappa shape index (κ3) is 2.59. The van der Waals surface area contributed by atoms with E-state index in [0.29, 0.717) is 27.1 Å². The van der Waals surface area contributed by atoms with Crippen molar-refractivity contribution in [2.24, 2.45) is 0 Å². The van der Waals surface area contributed by atoms with Gasteiger partial charge in [-0.2, -0.15) is 10.5 Å². The molecule has 0 spiro atoms. The molecule has 0 fully saturated rings. The predicted molar refractivity (Wildman–Crippen MR) is 85.4 cm³/mol. The van der Waals surface area contributed by atoms with Crippen molar-refractivity contribution in [1.82, 2.24) is 4.37 Å². The summed E-state index contributed by atoms with van der Waals surface area (Å²) >= 11 is 1.08. The van der Waals surface area contributed by atoms with E-state index >= 15 is 4.39 Å². The Bertz CT molecular complexity index is 828.